The van der Waals surface area contributed by atoms with E-state index in [1.807, 2.05) is 6.92 Å². The fraction of sp³-hybridized carbons (Fsp3) is 1.00. The summed E-state index contributed by atoms with van der Waals surface area (Å²) < 4.78 is 16.5. The highest BCUT2D eigenvalue weighted by molar-refractivity contribution is 8.56. The molecule has 0 bridgehead atoms. The lowest BCUT2D eigenvalue weighted by Gasteiger charge is -2.14. The van der Waals surface area contributed by atoms with Gasteiger partial charge in [0.25, 0.3) is 0 Å². The second kappa shape index (κ2) is 6.03. The van der Waals surface area contributed by atoms with Gasteiger partial charge in [-0.05, 0) is 14.0 Å². The molecule has 0 aromatic heterocycles. The molecule has 0 amide bonds. The zero-order valence-electron chi connectivity index (χ0n) is 6.87. The van der Waals surface area contributed by atoms with Crippen LogP contribution in [0.3, 0.4) is 0 Å². The van der Waals surface area contributed by atoms with Crippen LogP contribution in [0.25, 0.3) is 0 Å². The van der Waals surface area contributed by atoms with E-state index in [4.69, 9.17) is 10.3 Å². The summed E-state index contributed by atoms with van der Waals surface area (Å²) in [5.41, 5.74) is 5.26. The van der Waals surface area contributed by atoms with E-state index >= 15 is 0 Å². The number of hydrogen-bond donors (Lipinski definition) is 2. The molecule has 0 aromatic carbocycles. The molecule has 0 saturated carbocycles. The van der Waals surface area contributed by atoms with Crippen LogP contribution in [-0.2, 0) is 9.09 Å². The zero-order chi connectivity index (χ0) is 8.74. The lowest BCUT2D eigenvalue weighted by Crippen LogP contribution is -2.07. The van der Waals surface area contributed by atoms with Crippen LogP contribution in [0.5, 0.6) is 0 Å². The maximum Gasteiger partial charge on any atom is 0.326 e. The summed E-state index contributed by atoms with van der Waals surface area (Å²) in [6.45, 7) is 0.154. The summed E-state index contributed by atoms with van der Waals surface area (Å²) in [6, 6.07) is 0. The Kier molecular flexibility index (Phi) is 6.28. The van der Waals surface area contributed by atoms with E-state index in [0.717, 1.165) is 0 Å². The van der Waals surface area contributed by atoms with Crippen molar-refractivity contribution >= 4 is 18.1 Å². The van der Waals surface area contributed by atoms with E-state index in [9.17, 15) is 4.57 Å². The Morgan fingerprint density at radius 3 is 2.73 bits per heavy atom. The number of hydrogen-bond acceptors (Lipinski definition) is 4. The molecule has 11 heavy (non-hydrogen) atoms. The van der Waals surface area contributed by atoms with Crippen LogP contribution in [0, 0.1) is 0 Å². The normalized spacial score (nSPS) is 16.3. The molecule has 1 unspecified atom stereocenters. The standard InChI is InChI=1S/C5H15N2O2PS/c1-3-9-10(8,7-2)11-5-4-6/h3-6H2,1-2H3,(H,7,8). The highest BCUT2D eigenvalue weighted by atomic mass is 32.7. The SMILES string of the molecule is CCOP(=O)(NC)SCCN. The number of rotatable bonds is 6. The Morgan fingerprint density at radius 1 is 1.73 bits per heavy atom. The van der Waals surface area contributed by atoms with Crippen LogP contribution in [0.4, 0.5) is 0 Å². The summed E-state index contributed by atoms with van der Waals surface area (Å²) in [7, 11) is 1.62. The highest BCUT2D eigenvalue weighted by Gasteiger charge is 2.19. The quantitative estimate of drug-likeness (QED) is 0.624. The van der Waals surface area contributed by atoms with Gasteiger partial charge in [-0.3, -0.25) is 4.57 Å². The minimum absolute atomic E-state index is 0.454. The van der Waals surface area contributed by atoms with Gasteiger partial charge in [-0.1, -0.05) is 11.4 Å². The molecule has 6 heteroatoms. The summed E-state index contributed by atoms with van der Waals surface area (Å²) in [4.78, 5) is 0. The third kappa shape index (κ3) is 4.82. The third-order valence-electron chi connectivity index (χ3n) is 0.952. The monoisotopic (exact) mass is 198 g/mol. The molecule has 0 saturated heterocycles. The van der Waals surface area contributed by atoms with Gasteiger partial charge in [0.05, 0.1) is 6.61 Å². The molecule has 0 radical (unpaired) electrons. The van der Waals surface area contributed by atoms with Crippen LogP contribution in [-0.4, -0.2) is 26.0 Å². The smallest absolute Gasteiger partial charge is 0.326 e. The van der Waals surface area contributed by atoms with Crippen molar-refractivity contribution in [2.24, 2.45) is 5.73 Å². The average Bonchev–Trinajstić information content (AvgIpc) is 2.02. The molecule has 0 aromatic rings. The van der Waals surface area contributed by atoms with Crippen LogP contribution >= 0.6 is 18.1 Å². The van der Waals surface area contributed by atoms with Crippen molar-refractivity contribution in [3.8, 4) is 0 Å². The van der Waals surface area contributed by atoms with Gasteiger partial charge in [0.1, 0.15) is 0 Å². The lowest BCUT2D eigenvalue weighted by molar-refractivity contribution is 0.340. The summed E-state index contributed by atoms with van der Waals surface area (Å²) in [6.07, 6.45) is 0. The second-order valence-electron chi connectivity index (χ2n) is 1.76. The Hall–Kier alpha value is 0.460. The average molecular weight is 198 g/mol. The van der Waals surface area contributed by atoms with E-state index in [-0.39, 0.29) is 0 Å². The zero-order valence-corrected chi connectivity index (χ0v) is 8.58. The van der Waals surface area contributed by atoms with Gasteiger partial charge in [-0.2, -0.15) is 0 Å². The summed E-state index contributed by atoms with van der Waals surface area (Å²) >= 11 is 1.25. The molecule has 4 nitrogen and oxygen atoms in total. The van der Waals surface area contributed by atoms with E-state index in [2.05, 4.69) is 5.09 Å². The van der Waals surface area contributed by atoms with Gasteiger partial charge in [-0.15, -0.1) is 0 Å². The van der Waals surface area contributed by atoms with Crippen molar-refractivity contribution in [2.45, 2.75) is 6.92 Å². The predicted octanol–water partition coefficient (Wildman–Crippen LogP) is 1.04. The molecule has 0 spiro atoms. The minimum Gasteiger partial charge on any atom is -0.330 e. The molecule has 0 aliphatic heterocycles. The maximum absolute atomic E-state index is 11.5. The maximum atomic E-state index is 11.5. The van der Waals surface area contributed by atoms with Crippen LogP contribution in [0.2, 0.25) is 0 Å². The molecule has 0 fully saturated rings. The van der Waals surface area contributed by atoms with Crippen molar-refractivity contribution in [1.82, 2.24) is 5.09 Å². The Labute approximate surface area is 71.5 Å². The molecule has 1 atom stereocenters. The highest BCUT2D eigenvalue weighted by Crippen LogP contribution is 2.54. The molecular formula is C5H15N2O2PS. The molecule has 3 N–H and O–H groups in total. The Bertz CT molecular complexity index is 144. The van der Waals surface area contributed by atoms with Crippen molar-refractivity contribution in [3.63, 3.8) is 0 Å². The van der Waals surface area contributed by atoms with Gasteiger partial charge in [0.2, 0.25) is 0 Å². The van der Waals surface area contributed by atoms with Crippen molar-refractivity contribution in [3.05, 3.63) is 0 Å². The van der Waals surface area contributed by atoms with E-state index in [1.165, 1.54) is 11.4 Å². The van der Waals surface area contributed by atoms with E-state index in [0.29, 0.717) is 18.9 Å². The molecule has 0 aliphatic rings. The van der Waals surface area contributed by atoms with Gasteiger partial charge in [0, 0.05) is 12.3 Å². The summed E-state index contributed by atoms with van der Waals surface area (Å²) in [5.74, 6) is 0.651. The predicted molar refractivity (Wildman–Crippen MR) is 49.8 cm³/mol. The van der Waals surface area contributed by atoms with Crippen molar-refractivity contribution < 1.29 is 9.09 Å². The minimum atomic E-state index is -2.63. The number of nitrogens with two attached hydrogens (primary N) is 1. The number of nitrogens with one attached hydrogen (secondary N) is 1. The van der Waals surface area contributed by atoms with Gasteiger partial charge in [0.15, 0.2) is 0 Å². The molecular weight excluding hydrogens is 183 g/mol. The van der Waals surface area contributed by atoms with Gasteiger partial charge >= 0.3 is 6.72 Å². The molecule has 68 valence electrons. The van der Waals surface area contributed by atoms with Crippen LogP contribution in [0.1, 0.15) is 6.92 Å². The first-order chi connectivity index (χ1) is 5.18. The van der Waals surface area contributed by atoms with Crippen LogP contribution in [0.15, 0.2) is 0 Å². The molecule has 0 aliphatic carbocycles. The van der Waals surface area contributed by atoms with E-state index < -0.39 is 6.72 Å². The third-order valence-corrected chi connectivity index (χ3v) is 5.29. The second-order valence-corrected chi connectivity index (χ2v) is 6.34. The largest absolute Gasteiger partial charge is 0.330 e. The Balaban J connectivity index is 3.79. The first-order valence-corrected chi connectivity index (χ1v) is 6.68. The topological polar surface area (TPSA) is 64.3 Å². The molecule has 0 rings (SSSR count). The first-order valence-electron chi connectivity index (χ1n) is 3.46. The molecule has 0 heterocycles. The van der Waals surface area contributed by atoms with E-state index in [1.54, 1.807) is 7.05 Å². The van der Waals surface area contributed by atoms with Crippen molar-refractivity contribution in [2.75, 3.05) is 26.0 Å². The first kappa shape index (κ1) is 11.5. The summed E-state index contributed by atoms with van der Waals surface area (Å²) in [5, 5.41) is 2.65. The van der Waals surface area contributed by atoms with Gasteiger partial charge < -0.3 is 10.3 Å². The Morgan fingerprint density at radius 2 is 2.36 bits per heavy atom. The fourth-order valence-corrected chi connectivity index (χ4v) is 3.49. The van der Waals surface area contributed by atoms with Gasteiger partial charge in [-0.25, -0.2) is 5.09 Å². The lowest BCUT2D eigenvalue weighted by atomic mass is 10.8. The van der Waals surface area contributed by atoms with Crippen molar-refractivity contribution in [1.29, 1.82) is 0 Å². The fourth-order valence-electron chi connectivity index (χ4n) is 0.509. The van der Waals surface area contributed by atoms with Crippen LogP contribution < -0.4 is 10.8 Å².